The van der Waals surface area contributed by atoms with Gasteiger partial charge in [0.15, 0.2) is 0 Å². The van der Waals surface area contributed by atoms with Crippen LogP contribution in [0.4, 0.5) is 0 Å². The van der Waals surface area contributed by atoms with Crippen molar-refractivity contribution in [3.05, 3.63) is 36.0 Å². The van der Waals surface area contributed by atoms with Gasteiger partial charge in [-0.25, -0.2) is 0 Å². The lowest BCUT2D eigenvalue weighted by Crippen LogP contribution is -2.19. The van der Waals surface area contributed by atoms with Crippen molar-refractivity contribution in [1.82, 2.24) is 0 Å². The van der Waals surface area contributed by atoms with Crippen molar-refractivity contribution in [3.63, 3.8) is 0 Å². The van der Waals surface area contributed by atoms with Crippen molar-refractivity contribution >= 4 is 5.71 Å². The monoisotopic (exact) mass is 346 g/mol. The molecule has 0 aromatic rings. The number of hydrogen-bond donors (Lipinski definition) is 1. The van der Waals surface area contributed by atoms with E-state index in [4.69, 9.17) is 5.73 Å². The van der Waals surface area contributed by atoms with Crippen molar-refractivity contribution < 1.29 is 0 Å². The summed E-state index contributed by atoms with van der Waals surface area (Å²) in [5.41, 5.74) is 9.88. The topological polar surface area (TPSA) is 38.4 Å². The van der Waals surface area contributed by atoms with Crippen LogP contribution in [0.1, 0.15) is 79.6 Å². The van der Waals surface area contributed by atoms with Crippen LogP contribution in [0.5, 0.6) is 0 Å². The van der Waals surface area contributed by atoms with Gasteiger partial charge in [0.05, 0.1) is 0 Å². The van der Waals surface area contributed by atoms with Gasteiger partial charge < -0.3 is 5.73 Å². The Labute approximate surface area is 157 Å². The zero-order valence-corrected chi connectivity index (χ0v) is 17.7. The summed E-state index contributed by atoms with van der Waals surface area (Å²) in [6, 6.07) is 0. The third-order valence-electron chi connectivity index (χ3n) is 4.71. The molecule has 1 saturated carbocycles. The van der Waals surface area contributed by atoms with Gasteiger partial charge in [0.25, 0.3) is 0 Å². The summed E-state index contributed by atoms with van der Waals surface area (Å²) < 4.78 is 0. The Morgan fingerprint density at radius 2 is 1.80 bits per heavy atom. The lowest BCUT2D eigenvalue weighted by atomic mass is 9.81. The highest BCUT2D eigenvalue weighted by Crippen LogP contribution is 2.30. The van der Waals surface area contributed by atoms with Crippen molar-refractivity contribution in [3.8, 4) is 0 Å². The fraction of sp³-hybridized carbons (Fsp3) is 0.696. The molecule has 25 heavy (non-hydrogen) atoms. The molecule has 0 spiro atoms. The van der Waals surface area contributed by atoms with E-state index in [-0.39, 0.29) is 0 Å². The van der Waals surface area contributed by atoms with Crippen LogP contribution in [0.2, 0.25) is 0 Å². The molecular formula is C23H42N2. The molecule has 0 aromatic heterocycles. The lowest BCUT2D eigenvalue weighted by Gasteiger charge is -2.25. The van der Waals surface area contributed by atoms with E-state index in [1.165, 1.54) is 43.4 Å². The largest absolute Gasteiger partial charge is 0.330 e. The second-order valence-corrected chi connectivity index (χ2v) is 8.20. The van der Waals surface area contributed by atoms with E-state index in [0.29, 0.717) is 11.3 Å². The highest BCUT2D eigenvalue weighted by molar-refractivity contribution is 5.97. The number of allylic oxidation sites excluding steroid dienone is 5. The van der Waals surface area contributed by atoms with E-state index >= 15 is 0 Å². The maximum absolute atomic E-state index is 5.69. The summed E-state index contributed by atoms with van der Waals surface area (Å²) in [6.45, 7) is 15.2. The third kappa shape index (κ3) is 11.9. The van der Waals surface area contributed by atoms with Gasteiger partial charge in [-0.2, -0.15) is 0 Å². The maximum atomic E-state index is 5.69. The molecule has 2 N–H and O–H groups in total. The number of hydrogen-bond acceptors (Lipinski definition) is 2. The van der Waals surface area contributed by atoms with E-state index in [2.05, 4.69) is 38.4 Å². The number of nitrogens with two attached hydrogens (primary N) is 1. The first-order valence-electron chi connectivity index (χ1n) is 9.88. The predicted molar refractivity (Wildman–Crippen MR) is 115 cm³/mol. The Balaban J connectivity index is 0.000000823. The summed E-state index contributed by atoms with van der Waals surface area (Å²) in [4.78, 5) is 4.54. The van der Waals surface area contributed by atoms with Gasteiger partial charge in [-0.15, -0.1) is 0 Å². The van der Waals surface area contributed by atoms with Gasteiger partial charge in [-0.1, -0.05) is 63.0 Å². The maximum Gasteiger partial charge on any atom is 0.0375 e. The second-order valence-electron chi connectivity index (χ2n) is 8.20. The first kappa shape index (κ1) is 23.9. The Morgan fingerprint density at radius 3 is 2.20 bits per heavy atom. The quantitative estimate of drug-likeness (QED) is 0.415. The normalized spacial score (nSPS) is 17.4. The van der Waals surface area contributed by atoms with Gasteiger partial charge in [0, 0.05) is 18.7 Å². The summed E-state index contributed by atoms with van der Waals surface area (Å²) in [5.74, 6) is 0.700. The van der Waals surface area contributed by atoms with Crippen molar-refractivity contribution in [1.29, 1.82) is 0 Å². The first-order valence-corrected chi connectivity index (χ1v) is 9.88. The SMILES string of the molecule is C=C(C)/C=C\C.CN=C(/C=C(/C)CC(C)(C)CCN)C1CCCCC1. The average molecular weight is 347 g/mol. The van der Waals surface area contributed by atoms with Gasteiger partial charge in [-0.05, 0) is 64.5 Å². The Bertz CT molecular complexity index is 460. The van der Waals surface area contributed by atoms with Crippen LogP contribution < -0.4 is 5.73 Å². The molecule has 0 aliphatic heterocycles. The van der Waals surface area contributed by atoms with Gasteiger partial charge >= 0.3 is 0 Å². The molecule has 2 heteroatoms. The molecule has 0 atom stereocenters. The van der Waals surface area contributed by atoms with Crippen LogP contribution in [0.15, 0.2) is 40.9 Å². The molecule has 1 aliphatic carbocycles. The second kappa shape index (κ2) is 13.1. The smallest absolute Gasteiger partial charge is 0.0375 e. The van der Waals surface area contributed by atoms with Crippen molar-refractivity contribution in [2.45, 2.75) is 79.6 Å². The zero-order valence-electron chi connectivity index (χ0n) is 17.7. The fourth-order valence-electron chi connectivity index (χ4n) is 3.59. The molecule has 0 amide bonds. The summed E-state index contributed by atoms with van der Waals surface area (Å²) in [5, 5.41) is 0. The summed E-state index contributed by atoms with van der Waals surface area (Å²) in [7, 11) is 1.94. The predicted octanol–water partition coefficient (Wildman–Crippen LogP) is 6.49. The summed E-state index contributed by atoms with van der Waals surface area (Å²) >= 11 is 0. The molecule has 144 valence electrons. The molecule has 0 unspecified atom stereocenters. The number of nitrogens with zero attached hydrogens (tertiary/aromatic N) is 1. The molecule has 1 fully saturated rings. The molecule has 1 aliphatic rings. The highest BCUT2D eigenvalue weighted by atomic mass is 14.7. The molecule has 0 bridgehead atoms. The van der Waals surface area contributed by atoms with Crippen LogP contribution in [-0.2, 0) is 0 Å². The Kier molecular flexibility index (Phi) is 12.5. The van der Waals surface area contributed by atoms with Crippen molar-refractivity contribution in [2.75, 3.05) is 13.6 Å². The standard InChI is InChI=1S/C17H32N2.C6H10/c1-14(13-17(2,3)10-11-18)12-16(19-4)15-8-6-5-7-9-15;1-4-5-6(2)3/h12,15H,5-11,13,18H2,1-4H3;4-5H,2H2,1,3H3/b14-12-,19-16?;5-4-. The van der Waals surface area contributed by atoms with Gasteiger partial charge in [0.1, 0.15) is 0 Å². The van der Waals surface area contributed by atoms with Crippen molar-refractivity contribution in [2.24, 2.45) is 22.1 Å². The molecule has 0 saturated heterocycles. The van der Waals surface area contributed by atoms with E-state index in [1.807, 2.05) is 33.0 Å². The van der Waals surface area contributed by atoms with Crippen LogP contribution in [0, 0.1) is 11.3 Å². The number of aliphatic imine (C=N–C) groups is 1. The van der Waals surface area contributed by atoms with Crippen LogP contribution in [0.25, 0.3) is 0 Å². The fourth-order valence-corrected chi connectivity index (χ4v) is 3.59. The van der Waals surface area contributed by atoms with Gasteiger partial charge in [-0.3, -0.25) is 4.99 Å². The lowest BCUT2D eigenvalue weighted by molar-refractivity contribution is 0.338. The molecule has 0 heterocycles. The van der Waals surface area contributed by atoms with E-state index in [9.17, 15) is 0 Å². The molecule has 0 aromatic carbocycles. The molecule has 1 rings (SSSR count). The first-order chi connectivity index (χ1) is 11.8. The average Bonchev–Trinajstić information content (AvgIpc) is 2.53. The molecular weight excluding hydrogens is 304 g/mol. The molecule has 0 radical (unpaired) electrons. The molecule has 2 nitrogen and oxygen atoms in total. The number of rotatable bonds is 7. The van der Waals surface area contributed by atoms with E-state index in [1.54, 1.807) is 0 Å². The minimum atomic E-state index is 0.306. The Hall–Kier alpha value is -1.15. The minimum absolute atomic E-state index is 0.306. The Morgan fingerprint density at radius 1 is 1.20 bits per heavy atom. The van der Waals surface area contributed by atoms with Crippen LogP contribution >= 0.6 is 0 Å². The van der Waals surface area contributed by atoms with E-state index in [0.717, 1.165) is 25.0 Å². The zero-order chi connectivity index (χ0) is 19.3. The van der Waals surface area contributed by atoms with E-state index < -0.39 is 0 Å². The summed E-state index contributed by atoms with van der Waals surface area (Å²) in [6.07, 6.45) is 15.3. The van der Waals surface area contributed by atoms with Gasteiger partial charge in [0.2, 0.25) is 0 Å². The highest BCUT2D eigenvalue weighted by Gasteiger charge is 2.20. The van der Waals surface area contributed by atoms with Crippen LogP contribution in [-0.4, -0.2) is 19.3 Å². The third-order valence-corrected chi connectivity index (χ3v) is 4.71. The minimum Gasteiger partial charge on any atom is -0.330 e. The van der Waals surface area contributed by atoms with Crippen LogP contribution in [0.3, 0.4) is 0 Å².